The lowest BCUT2D eigenvalue weighted by atomic mass is 9.54. The minimum Gasteiger partial charge on any atom is -0.457 e. The van der Waals surface area contributed by atoms with E-state index in [1.54, 1.807) is 0 Å². The highest BCUT2D eigenvalue weighted by atomic mass is 19.3. The predicted molar refractivity (Wildman–Crippen MR) is 79.1 cm³/mol. The van der Waals surface area contributed by atoms with Crippen molar-refractivity contribution in [1.82, 2.24) is 0 Å². The number of hydrogen-bond acceptors (Lipinski definition) is 4. The third kappa shape index (κ3) is 3.65. The SMILES string of the molecule is CC(O)(COC(F)(F)C(C)(F)F)C(=O)OC12CC3CC(CC(C3)C1)C2. The van der Waals surface area contributed by atoms with Gasteiger partial charge in [0.1, 0.15) is 5.60 Å². The highest BCUT2D eigenvalue weighted by Crippen LogP contribution is 2.57. The second-order valence-electron chi connectivity index (χ2n) is 8.46. The van der Waals surface area contributed by atoms with E-state index in [1.165, 1.54) is 0 Å². The Morgan fingerprint density at radius 2 is 1.48 bits per heavy atom. The summed E-state index contributed by atoms with van der Waals surface area (Å²) < 4.78 is 61.4. The summed E-state index contributed by atoms with van der Waals surface area (Å²) in [4.78, 5) is 12.3. The van der Waals surface area contributed by atoms with E-state index < -0.39 is 35.8 Å². The first-order valence-corrected chi connectivity index (χ1v) is 8.67. The topological polar surface area (TPSA) is 55.8 Å². The number of carbonyl (C=O) groups is 1. The fourth-order valence-electron chi connectivity index (χ4n) is 4.88. The molecule has 4 bridgehead atoms. The number of rotatable bonds is 6. The molecular weight excluding hydrogens is 344 g/mol. The summed E-state index contributed by atoms with van der Waals surface area (Å²) in [5.74, 6) is -4.05. The minimum absolute atomic E-state index is 0.00940. The molecule has 4 fully saturated rings. The van der Waals surface area contributed by atoms with Crippen LogP contribution in [0.25, 0.3) is 0 Å². The van der Waals surface area contributed by atoms with Gasteiger partial charge in [-0.15, -0.1) is 0 Å². The van der Waals surface area contributed by atoms with Crippen molar-refractivity contribution >= 4 is 5.97 Å². The second kappa shape index (κ2) is 5.81. The highest BCUT2D eigenvalue weighted by molar-refractivity contribution is 5.79. The first kappa shape index (κ1) is 18.9. The molecule has 0 heterocycles. The zero-order valence-corrected chi connectivity index (χ0v) is 14.4. The Morgan fingerprint density at radius 1 is 1.04 bits per heavy atom. The predicted octanol–water partition coefficient (Wildman–Crippen LogP) is 3.51. The molecule has 1 N–H and O–H groups in total. The molecule has 0 amide bonds. The lowest BCUT2D eigenvalue weighted by Crippen LogP contribution is -2.56. The second-order valence-corrected chi connectivity index (χ2v) is 8.46. The van der Waals surface area contributed by atoms with E-state index in [1.807, 2.05) is 0 Å². The van der Waals surface area contributed by atoms with Crippen molar-refractivity contribution in [2.75, 3.05) is 6.61 Å². The number of esters is 1. The fourth-order valence-corrected chi connectivity index (χ4v) is 4.88. The molecule has 4 saturated carbocycles. The Kier molecular flexibility index (Phi) is 4.39. The molecule has 0 saturated heterocycles. The Hall–Kier alpha value is -0.890. The number of hydrogen-bond donors (Lipinski definition) is 1. The molecule has 4 aliphatic carbocycles. The van der Waals surface area contributed by atoms with Crippen LogP contribution in [0.15, 0.2) is 0 Å². The molecule has 144 valence electrons. The van der Waals surface area contributed by atoms with Crippen LogP contribution in [0.1, 0.15) is 52.4 Å². The molecule has 0 radical (unpaired) electrons. The van der Waals surface area contributed by atoms with E-state index in [4.69, 9.17) is 4.74 Å². The lowest BCUT2D eigenvalue weighted by molar-refractivity contribution is -0.349. The smallest absolute Gasteiger partial charge is 0.419 e. The van der Waals surface area contributed by atoms with Crippen molar-refractivity contribution in [2.45, 2.75) is 75.6 Å². The minimum atomic E-state index is -4.78. The zero-order chi connectivity index (χ0) is 18.7. The van der Waals surface area contributed by atoms with Crippen molar-refractivity contribution in [3.05, 3.63) is 0 Å². The number of carbonyl (C=O) groups excluding carboxylic acids is 1. The summed E-state index contributed by atoms with van der Waals surface area (Å²) in [6.45, 7) is -0.316. The molecular formula is C17H24F4O4. The summed E-state index contributed by atoms with van der Waals surface area (Å²) >= 11 is 0. The fraction of sp³-hybridized carbons (Fsp3) is 0.941. The molecule has 0 aromatic carbocycles. The van der Waals surface area contributed by atoms with Crippen LogP contribution in [0, 0.1) is 17.8 Å². The van der Waals surface area contributed by atoms with E-state index in [2.05, 4.69) is 4.74 Å². The first-order valence-electron chi connectivity index (χ1n) is 8.67. The molecule has 0 aliphatic heterocycles. The Bertz CT molecular complexity index is 506. The van der Waals surface area contributed by atoms with Gasteiger partial charge in [0, 0.05) is 6.92 Å². The Morgan fingerprint density at radius 3 is 1.88 bits per heavy atom. The van der Waals surface area contributed by atoms with Crippen LogP contribution in [0.4, 0.5) is 17.6 Å². The number of alkyl halides is 4. The molecule has 4 aliphatic rings. The van der Waals surface area contributed by atoms with Crippen molar-refractivity contribution < 1.29 is 36.9 Å². The molecule has 0 aromatic rings. The van der Waals surface area contributed by atoms with Crippen molar-refractivity contribution in [2.24, 2.45) is 17.8 Å². The van der Waals surface area contributed by atoms with Crippen LogP contribution >= 0.6 is 0 Å². The van der Waals surface area contributed by atoms with Gasteiger partial charge in [-0.05, 0) is 63.2 Å². The molecule has 1 unspecified atom stereocenters. The number of halogens is 4. The average molecular weight is 368 g/mol. The molecule has 25 heavy (non-hydrogen) atoms. The maximum Gasteiger partial charge on any atom is 0.419 e. The third-order valence-corrected chi connectivity index (χ3v) is 5.78. The van der Waals surface area contributed by atoms with Crippen LogP contribution in [0.2, 0.25) is 0 Å². The van der Waals surface area contributed by atoms with Gasteiger partial charge in [-0.1, -0.05) is 0 Å². The van der Waals surface area contributed by atoms with Crippen LogP contribution < -0.4 is 0 Å². The maximum absolute atomic E-state index is 13.2. The van der Waals surface area contributed by atoms with E-state index in [0.29, 0.717) is 37.0 Å². The largest absolute Gasteiger partial charge is 0.457 e. The van der Waals surface area contributed by atoms with E-state index >= 15 is 0 Å². The van der Waals surface area contributed by atoms with Gasteiger partial charge in [-0.3, -0.25) is 0 Å². The van der Waals surface area contributed by atoms with Gasteiger partial charge in [0.2, 0.25) is 0 Å². The van der Waals surface area contributed by atoms with Crippen molar-refractivity contribution in [3.63, 3.8) is 0 Å². The van der Waals surface area contributed by atoms with E-state index in [0.717, 1.165) is 26.2 Å². The average Bonchev–Trinajstić information content (AvgIpc) is 2.42. The summed E-state index contributed by atoms with van der Waals surface area (Å²) in [7, 11) is 0. The Balaban J connectivity index is 1.62. The molecule has 4 rings (SSSR count). The van der Waals surface area contributed by atoms with Gasteiger partial charge in [0.25, 0.3) is 0 Å². The van der Waals surface area contributed by atoms with Gasteiger partial charge < -0.3 is 14.6 Å². The van der Waals surface area contributed by atoms with Gasteiger partial charge in [0.15, 0.2) is 5.60 Å². The molecule has 8 heteroatoms. The van der Waals surface area contributed by atoms with Crippen LogP contribution in [-0.2, 0) is 14.3 Å². The number of aliphatic hydroxyl groups is 1. The van der Waals surface area contributed by atoms with Crippen LogP contribution in [0.3, 0.4) is 0 Å². The molecule has 0 aromatic heterocycles. The Labute approximate surface area is 143 Å². The summed E-state index contributed by atoms with van der Waals surface area (Å²) in [5.41, 5.74) is -3.08. The summed E-state index contributed by atoms with van der Waals surface area (Å²) in [6.07, 6.45) is 0.717. The highest BCUT2D eigenvalue weighted by Gasteiger charge is 2.57. The lowest BCUT2D eigenvalue weighted by Gasteiger charge is -2.56. The van der Waals surface area contributed by atoms with Crippen molar-refractivity contribution in [3.8, 4) is 0 Å². The third-order valence-electron chi connectivity index (χ3n) is 5.78. The quantitative estimate of drug-likeness (QED) is 0.576. The van der Waals surface area contributed by atoms with Crippen LogP contribution in [0.5, 0.6) is 0 Å². The van der Waals surface area contributed by atoms with Gasteiger partial charge in [0.05, 0.1) is 6.61 Å². The van der Waals surface area contributed by atoms with Crippen molar-refractivity contribution in [1.29, 1.82) is 0 Å². The normalized spacial score (nSPS) is 37.0. The van der Waals surface area contributed by atoms with Crippen LogP contribution in [-0.4, -0.2) is 40.9 Å². The van der Waals surface area contributed by atoms with Gasteiger partial charge in [-0.25, -0.2) is 4.79 Å². The van der Waals surface area contributed by atoms with E-state index in [-0.39, 0.29) is 6.92 Å². The zero-order valence-electron chi connectivity index (χ0n) is 14.4. The first-order chi connectivity index (χ1) is 11.3. The summed E-state index contributed by atoms with van der Waals surface area (Å²) in [5, 5.41) is 10.1. The maximum atomic E-state index is 13.2. The molecule has 0 spiro atoms. The monoisotopic (exact) mass is 368 g/mol. The molecule has 4 nitrogen and oxygen atoms in total. The summed E-state index contributed by atoms with van der Waals surface area (Å²) in [6, 6.07) is 0. The molecule has 1 atom stereocenters. The van der Waals surface area contributed by atoms with Gasteiger partial charge >= 0.3 is 18.0 Å². The standard InChI is InChI=1S/C17H24F4O4/c1-14(23,9-24-17(20,21)15(2,18)19)13(22)25-16-6-10-3-11(7-16)5-12(4-10)8-16/h10-12,23H,3-9H2,1-2H3. The van der Waals surface area contributed by atoms with E-state index in [9.17, 15) is 27.5 Å². The van der Waals surface area contributed by atoms with Gasteiger partial charge in [-0.2, -0.15) is 17.6 Å². The number of ether oxygens (including phenoxy) is 2.